The van der Waals surface area contributed by atoms with Crippen molar-refractivity contribution in [1.29, 1.82) is 0 Å². The molecule has 3 rings (SSSR count). The third-order valence-electron chi connectivity index (χ3n) is 4.99. The summed E-state index contributed by atoms with van der Waals surface area (Å²) in [6, 6.07) is 16.0. The van der Waals surface area contributed by atoms with Crippen LogP contribution in [0, 0.1) is 6.92 Å². The van der Waals surface area contributed by atoms with Crippen LogP contribution in [0.1, 0.15) is 27.2 Å². The second-order valence-electron chi connectivity index (χ2n) is 7.27. The van der Waals surface area contributed by atoms with Gasteiger partial charge in [-0.15, -0.1) is 0 Å². The van der Waals surface area contributed by atoms with E-state index in [9.17, 15) is 4.79 Å². The second kappa shape index (κ2) is 9.28. The summed E-state index contributed by atoms with van der Waals surface area (Å²) in [4.78, 5) is 21.3. The Morgan fingerprint density at radius 2 is 1.79 bits per heavy atom. The predicted molar refractivity (Wildman–Crippen MR) is 119 cm³/mol. The normalized spacial score (nSPS) is 11.5. The molecule has 0 aliphatic rings. The molecule has 3 N–H and O–H groups in total. The third-order valence-corrected chi connectivity index (χ3v) is 4.99. The molecule has 152 valence electrons. The van der Waals surface area contributed by atoms with E-state index >= 15 is 0 Å². The summed E-state index contributed by atoms with van der Waals surface area (Å²) in [7, 11) is 5.28. The molecule has 1 heterocycles. The van der Waals surface area contributed by atoms with Gasteiger partial charge in [0.25, 0.3) is 5.91 Å². The van der Waals surface area contributed by atoms with Gasteiger partial charge in [-0.3, -0.25) is 9.79 Å². The number of carbonyl (C=O) groups excluding carboxylic acids is 1. The van der Waals surface area contributed by atoms with E-state index in [1.165, 1.54) is 22.2 Å². The zero-order valence-electron chi connectivity index (χ0n) is 17.5. The summed E-state index contributed by atoms with van der Waals surface area (Å²) in [5.41, 5.74) is 5.51. The Hall–Kier alpha value is -3.28. The van der Waals surface area contributed by atoms with Crippen molar-refractivity contribution >= 4 is 22.8 Å². The number of hydrogen-bond donors (Lipinski definition) is 3. The Bertz CT molecular complexity index is 1000. The number of aliphatic imine (C=N–C) groups is 1. The van der Waals surface area contributed by atoms with Gasteiger partial charge in [0.15, 0.2) is 5.96 Å². The van der Waals surface area contributed by atoms with Gasteiger partial charge in [-0.2, -0.15) is 0 Å². The maximum Gasteiger partial charge on any atom is 0.253 e. The maximum atomic E-state index is 12.0. The lowest BCUT2D eigenvalue weighted by atomic mass is 10.1. The molecule has 0 bridgehead atoms. The lowest BCUT2D eigenvalue weighted by molar-refractivity contribution is 0.0827. The largest absolute Gasteiger partial charge is 0.358 e. The van der Waals surface area contributed by atoms with Gasteiger partial charge in [-0.25, -0.2) is 0 Å². The number of aryl methyl sites for hydroxylation is 1. The quantitative estimate of drug-likeness (QED) is 0.447. The zero-order valence-corrected chi connectivity index (χ0v) is 17.5. The number of nitrogens with zero attached hydrogens (tertiary/aromatic N) is 2. The second-order valence-corrected chi connectivity index (χ2v) is 7.27. The SMILES string of the molecule is CN=C(NCCc1c(C)[nH]c2ccccc12)NCc1ccc(C(=O)N(C)C)cc1. The molecule has 6 heteroatoms. The van der Waals surface area contributed by atoms with Crippen molar-refractivity contribution in [3.63, 3.8) is 0 Å². The van der Waals surface area contributed by atoms with Crippen LogP contribution in [0.2, 0.25) is 0 Å². The molecule has 2 aromatic carbocycles. The standard InChI is InChI=1S/C23H29N5O/c1-16-19(20-7-5-6-8-21(20)27-16)13-14-25-23(24-2)26-15-17-9-11-18(12-10-17)22(29)28(3)4/h5-12,27H,13-15H2,1-4H3,(H2,24,25,26). The molecule has 1 amide bonds. The summed E-state index contributed by atoms with van der Waals surface area (Å²) in [6.45, 7) is 3.55. The summed E-state index contributed by atoms with van der Waals surface area (Å²) < 4.78 is 0. The first-order valence-electron chi connectivity index (χ1n) is 9.81. The van der Waals surface area contributed by atoms with Gasteiger partial charge in [-0.1, -0.05) is 30.3 Å². The highest BCUT2D eigenvalue weighted by atomic mass is 16.2. The Morgan fingerprint density at radius 1 is 1.07 bits per heavy atom. The van der Waals surface area contributed by atoms with Crippen LogP contribution >= 0.6 is 0 Å². The number of rotatable bonds is 6. The number of amides is 1. The molecule has 0 aliphatic heterocycles. The fourth-order valence-corrected chi connectivity index (χ4v) is 3.39. The number of guanidine groups is 1. The molecule has 6 nitrogen and oxygen atoms in total. The van der Waals surface area contributed by atoms with E-state index in [4.69, 9.17) is 0 Å². The molecular weight excluding hydrogens is 362 g/mol. The molecule has 0 spiro atoms. The molecule has 3 aromatic rings. The van der Waals surface area contributed by atoms with Crippen molar-refractivity contribution < 1.29 is 4.79 Å². The van der Waals surface area contributed by atoms with Crippen LogP contribution in [0.4, 0.5) is 0 Å². The molecule has 0 atom stereocenters. The van der Waals surface area contributed by atoms with Gasteiger partial charge in [0.05, 0.1) is 0 Å². The maximum absolute atomic E-state index is 12.0. The van der Waals surface area contributed by atoms with Gasteiger partial charge in [-0.05, 0) is 42.7 Å². The number of aromatic amines is 1. The smallest absolute Gasteiger partial charge is 0.253 e. The highest BCUT2D eigenvalue weighted by molar-refractivity contribution is 5.93. The van der Waals surface area contributed by atoms with Crippen molar-refractivity contribution in [1.82, 2.24) is 20.5 Å². The minimum absolute atomic E-state index is 0.00885. The Kier molecular flexibility index (Phi) is 6.54. The van der Waals surface area contributed by atoms with E-state index in [0.717, 1.165) is 24.5 Å². The molecule has 0 unspecified atom stereocenters. The fraction of sp³-hybridized carbons (Fsp3) is 0.304. The molecule has 0 radical (unpaired) electrons. The Labute approximate surface area is 172 Å². The van der Waals surface area contributed by atoms with Crippen LogP contribution < -0.4 is 10.6 Å². The summed E-state index contributed by atoms with van der Waals surface area (Å²) in [5, 5.41) is 7.98. The predicted octanol–water partition coefficient (Wildman–Crippen LogP) is 3.09. The lowest BCUT2D eigenvalue weighted by Gasteiger charge is -2.13. The van der Waals surface area contributed by atoms with Crippen LogP contribution in [0.15, 0.2) is 53.5 Å². The highest BCUT2D eigenvalue weighted by Crippen LogP contribution is 2.21. The summed E-state index contributed by atoms with van der Waals surface area (Å²) >= 11 is 0. The average Bonchev–Trinajstić information content (AvgIpc) is 3.05. The Balaban J connectivity index is 1.52. The monoisotopic (exact) mass is 391 g/mol. The lowest BCUT2D eigenvalue weighted by Crippen LogP contribution is -2.37. The Morgan fingerprint density at radius 3 is 2.48 bits per heavy atom. The van der Waals surface area contributed by atoms with E-state index in [-0.39, 0.29) is 5.91 Å². The average molecular weight is 392 g/mol. The fourth-order valence-electron chi connectivity index (χ4n) is 3.39. The van der Waals surface area contributed by atoms with E-state index in [0.29, 0.717) is 12.1 Å². The van der Waals surface area contributed by atoms with Crippen LogP contribution in [0.3, 0.4) is 0 Å². The van der Waals surface area contributed by atoms with Crippen LogP contribution in [-0.2, 0) is 13.0 Å². The number of fused-ring (bicyclic) bond motifs is 1. The molecule has 1 aromatic heterocycles. The number of H-pyrrole nitrogens is 1. The number of nitrogens with one attached hydrogen (secondary N) is 3. The molecule has 0 fully saturated rings. The first kappa shape index (κ1) is 20.5. The minimum Gasteiger partial charge on any atom is -0.358 e. The van der Waals surface area contributed by atoms with Crippen LogP contribution in [0.5, 0.6) is 0 Å². The molecule has 0 saturated heterocycles. The molecule has 0 saturated carbocycles. The number of benzene rings is 2. The number of hydrogen-bond acceptors (Lipinski definition) is 2. The molecule has 29 heavy (non-hydrogen) atoms. The van der Waals surface area contributed by atoms with E-state index in [2.05, 4.69) is 51.8 Å². The number of carbonyl (C=O) groups is 1. The number of para-hydroxylation sites is 1. The van der Waals surface area contributed by atoms with Crippen molar-refractivity contribution in [2.24, 2.45) is 4.99 Å². The van der Waals surface area contributed by atoms with Crippen molar-refractivity contribution in [2.45, 2.75) is 19.9 Å². The van der Waals surface area contributed by atoms with Crippen LogP contribution in [0.25, 0.3) is 10.9 Å². The molecule has 0 aliphatic carbocycles. The van der Waals surface area contributed by atoms with E-state index < -0.39 is 0 Å². The van der Waals surface area contributed by atoms with E-state index in [1.807, 2.05) is 24.3 Å². The highest BCUT2D eigenvalue weighted by Gasteiger charge is 2.09. The van der Waals surface area contributed by atoms with Crippen molar-refractivity contribution in [3.05, 3.63) is 70.9 Å². The first-order valence-corrected chi connectivity index (χ1v) is 9.81. The van der Waals surface area contributed by atoms with E-state index in [1.54, 1.807) is 26.0 Å². The van der Waals surface area contributed by atoms with Gasteiger partial charge >= 0.3 is 0 Å². The minimum atomic E-state index is 0.00885. The van der Waals surface area contributed by atoms with Gasteiger partial charge < -0.3 is 20.5 Å². The third kappa shape index (κ3) is 4.96. The summed E-state index contributed by atoms with van der Waals surface area (Å²) in [5.74, 6) is 0.769. The van der Waals surface area contributed by atoms with Crippen molar-refractivity contribution in [2.75, 3.05) is 27.7 Å². The summed E-state index contributed by atoms with van der Waals surface area (Å²) in [6.07, 6.45) is 0.915. The van der Waals surface area contributed by atoms with Gasteiger partial charge in [0, 0.05) is 56.4 Å². The van der Waals surface area contributed by atoms with Gasteiger partial charge in [0.1, 0.15) is 0 Å². The zero-order chi connectivity index (χ0) is 20.8. The number of aromatic nitrogens is 1. The molecular formula is C23H29N5O. The topological polar surface area (TPSA) is 72.5 Å². The first-order chi connectivity index (χ1) is 14.0. The van der Waals surface area contributed by atoms with Gasteiger partial charge in [0.2, 0.25) is 0 Å². The van der Waals surface area contributed by atoms with Crippen molar-refractivity contribution in [3.8, 4) is 0 Å². The van der Waals surface area contributed by atoms with Crippen LogP contribution in [-0.4, -0.2) is 49.4 Å².